The molecule has 0 saturated heterocycles. The van der Waals surface area contributed by atoms with Gasteiger partial charge in [0.15, 0.2) is 11.6 Å². The number of halogens is 3. The number of carbonyl (C=O) groups is 1. The van der Waals surface area contributed by atoms with Crippen molar-refractivity contribution in [3.8, 4) is 0 Å². The second-order valence-corrected chi connectivity index (χ2v) is 3.71. The molecule has 0 fully saturated rings. The molecule has 0 heterocycles. The fourth-order valence-corrected chi connectivity index (χ4v) is 1.36. The van der Waals surface area contributed by atoms with Gasteiger partial charge in [0, 0.05) is 5.02 Å². The van der Waals surface area contributed by atoms with Crippen molar-refractivity contribution in [2.45, 2.75) is 13.3 Å². The van der Waals surface area contributed by atoms with Crippen LogP contribution in [-0.2, 0) is 11.2 Å². The maximum absolute atomic E-state index is 12.8. The Kier molecular flexibility index (Phi) is 3.63. The summed E-state index contributed by atoms with van der Waals surface area (Å²) in [7, 11) is 0. The van der Waals surface area contributed by atoms with Gasteiger partial charge in [0.25, 0.3) is 0 Å². The Balaban J connectivity index is 2.95. The average Bonchev–Trinajstić information content (AvgIpc) is 2.13. The number of carboxylic acid groups (broad SMARTS) is 1. The summed E-state index contributed by atoms with van der Waals surface area (Å²) in [5, 5.41) is 8.69. The lowest BCUT2D eigenvalue weighted by atomic mass is 10.0. The number of aliphatic carboxylic acids is 1. The summed E-state index contributed by atoms with van der Waals surface area (Å²) < 4.78 is 25.5. The van der Waals surface area contributed by atoms with E-state index in [1.54, 1.807) is 0 Å². The molecular formula is C10H9ClF2O2. The molecule has 1 N–H and O–H groups in total. The van der Waals surface area contributed by atoms with Crippen LogP contribution in [0.3, 0.4) is 0 Å². The second-order valence-electron chi connectivity index (χ2n) is 3.30. The van der Waals surface area contributed by atoms with Crippen LogP contribution in [0.2, 0.25) is 5.02 Å². The molecule has 0 aliphatic heterocycles. The van der Waals surface area contributed by atoms with Crippen molar-refractivity contribution in [2.75, 3.05) is 0 Å². The van der Waals surface area contributed by atoms with Gasteiger partial charge in [0.1, 0.15) is 0 Å². The Morgan fingerprint density at radius 2 is 2.00 bits per heavy atom. The van der Waals surface area contributed by atoms with E-state index in [2.05, 4.69) is 0 Å². The zero-order valence-electron chi connectivity index (χ0n) is 7.93. The lowest BCUT2D eigenvalue weighted by Gasteiger charge is -2.08. The number of carboxylic acids is 1. The van der Waals surface area contributed by atoms with Gasteiger partial charge >= 0.3 is 5.97 Å². The highest BCUT2D eigenvalue weighted by Gasteiger charge is 2.15. The molecule has 0 amide bonds. The van der Waals surface area contributed by atoms with Crippen LogP contribution < -0.4 is 0 Å². The minimum atomic E-state index is -1.04. The highest BCUT2D eigenvalue weighted by atomic mass is 35.5. The van der Waals surface area contributed by atoms with Gasteiger partial charge in [-0.3, -0.25) is 4.79 Å². The first-order chi connectivity index (χ1) is 6.91. The predicted molar refractivity (Wildman–Crippen MR) is 51.9 cm³/mol. The van der Waals surface area contributed by atoms with Crippen molar-refractivity contribution in [3.63, 3.8) is 0 Å². The zero-order chi connectivity index (χ0) is 11.6. The van der Waals surface area contributed by atoms with Gasteiger partial charge in [-0.15, -0.1) is 0 Å². The first-order valence-electron chi connectivity index (χ1n) is 4.28. The minimum Gasteiger partial charge on any atom is -0.481 e. The molecule has 1 rings (SSSR count). The van der Waals surface area contributed by atoms with Gasteiger partial charge < -0.3 is 5.11 Å². The van der Waals surface area contributed by atoms with Crippen molar-refractivity contribution in [2.24, 2.45) is 5.92 Å². The molecule has 1 aromatic rings. The van der Waals surface area contributed by atoms with Crippen LogP contribution in [0.1, 0.15) is 12.5 Å². The quantitative estimate of drug-likeness (QED) is 0.817. The molecule has 0 saturated carbocycles. The topological polar surface area (TPSA) is 37.3 Å². The van der Waals surface area contributed by atoms with E-state index in [4.69, 9.17) is 16.7 Å². The van der Waals surface area contributed by atoms with Crippen LogP contribution in [0, 0.1) is 17.6 Å². The van der Waals surface area contributed by atoms with Crippen LogP contribution >= 0.6 is 11.6 Å². The molecule has 1 atom stereocenters. The van der Waals surface area contributed by atoms with Gasteiger partial charge in [-0.25, -0.2) is 8.78 Å². The summed E-state index contributed by atoms with van der Waals surface area (Å²) in [6.07, 6.45) is 0.0748. The average molecular weight is 235 g/mol. The highest BCUT2D eigenvalue weighted by Crippen LogP contribution is 2.22. The summed E-state index contributed by atoms with van der Waals surface area (Å²) in [4.78, 5) is 10.6. The number of hydrogen-bond donors (Lipinski definition) is 1. The molecule has 0 spiro atoms. The third-order valence-corrected chi connectivity index (χ3v) is 2.39. The standard InChI is InChI=1S/C10H9ClF2O2/c1-5(10(14)15)2-6-3-8(12)9(13)4-7(6)11/h3-5H,2H2,1H3,(H,14,15). The Morgan fingerprint density at radius 1 is 1.47 bits per heavy atom. The van der Waals surface area contributed by atoms with Crippen molar-refractivity contribution >= 4 is 17.6 Å². The smallest absolute Gasteiger partial charge is 0.306 e. The van der Waals surface area contributed by atoms with E-state index in [9.17, 15) is 13.6 Å². The first kappa shape index (κ1) is 11.9. The maximum Gasteiger partial charge on any atom is 0.306 e. The third kappa shape index (κ3) is 2.89. The Bertz CT molecular complexity index is 393. The molecule has 82 valence electrons. The molecule has 0 bridgehead atoms. The zero-order valence-corrected chi connectivity index (χ0v) is 8.68. The summed E-state index contributed by atoms with van der Waals surface area (Å²) in [6, 6.07) is 1.78. The van der Waals surface area contributed by atoms with Crippen LogP contribution in [0.15, 0.2) is 12.1 Å². The van der Waals surface area contributed by atoms with Gasteiger partial charge in [-0.2, -0.15) is 0 Å². The lowest BCUT2D eigenvalue weighted by molar-refractivity contribution is -0.141. The van der Waals surface area contributed by atoms with E-state index in [0.717, 1.165) is 12.1 Å². The molecule has 1 unspecified atom stereocenters. The van der Waals surface area contributed by atoms with Crippen molar-refractivity contribution in [3.05, 3.63) is 34.4 Å². The Labute approximate surface area is 90.5 Å². The van der Waals surface area contributed by atoms with Gasteiger partial charge in [-0.05, 0) is 24.1 Å². The molecule has 0 aromatic heterocycles. The monoisotopic (exact) mass is 234 g/mol. The summed E-state index contributed by atoms with van der Waals surface area (Å²) in [6.45, 7) is 1.47. The maximum atomic E-state index is 12.8. The summed E-state index contributed by atoms with van der Waals surface area (Å²) >= 11 is 5.65. The van der Waals surface area contributed by atoms with E-state index in [0.29, 0.717) is 5.56 Å². The van der Waals surface area contributed by atoms with E-state index in [-0.39, 0.29) is 11.4 Å². The fraction of sp³-hybridized carbons (Fsp3) is 0.300. The summed E-state index contributed by atoms with van der Waals surface area (Å²) in [5.74, 6) is -3.75. The minimum absolute atomic E-state index is 0.0435. The largest absolute Gasteiger partial charge is 0.481 e. The van der Waals surface area contributed by atoms with E-state index in [1.807, 2.05) is 0 Å². The molecule has 5 heteroatoms. The third-order valence-electron chi connectivity index (χ3n) is 2.04. The number of rotatable bonds is 3. The first-order valence-corrected chi connectivity index (χ1v) is 4.66. The Morgan fingerprint density at radius 3 is 2.53 bits per heavy atom. The normalized spacial score (nSPS) is 12.5. The van der Waals surface area contributed by atoms with Crippen molar-refractivity contribution in [1.29, 1.82) is 0 Å². The molecular weight excluding hydrogens is 226 g/mol. The molecule has 0 aliphatic rings. The van der Waals surface area contributed by atoms with E-state index < -0.39 is 23.5 Å². The SMILES string of the molecule is CC(Cc1cc(F)c(F)cc1Cl)C(=O)O. The molecule has 1 aromatic carbocycles. The number of benzene rings is 1. The van der Waals surface area contributed by atoms with Gasteiger partial charge in [-0.1, -0.05) is 18.5 Å². The second kappa shape index (κ2) is 4.57. The molecule has 15 heavy (non-hydrogen) atoms. The molecule has 2 nitrogen and oxygen atoms in total. The highest BCUT2D eigenvalue weighted by molar-refractivity contribution is 6.31. The van der Waals surface area contributed by atoms with Gasteiger partial charge in [0.2, 0.25) is 0 Å². The van der Waals surface area contributed by atoms with E-state index >= 15 is 0 Å². The predicted octanol–water partition coefficient (Wildman–Crippen LogP) is 2.88. The van der Waals surface area contributed by atoms with Crippen LogP contribution in [-0.4, -0.2) is 11.1 Å². The van der Waals surface area contributed by atoms with Crippen LogP contribution in [0.4, 0.5) is 8.78 Å². The van der Waals surface area contributed by atoms with Crippen molar-refractivity contribution < 1.29 is 18.7 Å². The number of hydrogen-bond acceptors (Lipinski definition) is 1. The summed E-state index contributed by atoms with van der Waals surface area (Å²) in [5.41, 5.74) is 0.297. The van der Waals surface area contributed by atoms with Crippen LogP contribution in [0.25, 0.3) is 0 Å². The molecule has 0 radical (unpaired) electrons. The van der Waals surface area contributed by atoms with Gasteiger partial charge in [0.05, 0.1) is 5.92 Å². The van der Waals surface area contributed by atoms with Crippen molar-refractivity contribution in [1.82, 2.24) is 0 Å². The van der Waals surface area contributed by atoms with E-state index in [1.165, 1.54) is 6.92 Å². The molecule has 0 aliphatic carbocycles. The lowest BCUT2D eigenvalue weighted by Crippen LogP contribution is -2.12. The fourth-order valence-electron chi connectivity index (χ4n) is 1.14. The van der Waals surface area contributed by atoms with Crippen LogP contribution in [0.5, 0.6) is 0 Å². The Hall–Kier alpha value is -1.16.